The lowest BCUT2D eigenvalue weighted by molar-refractivity contribution is 0.103. The van der Waals surface area contributed by atoms with E-state index in [0.717, 1.165) is 33.4 Å². The van der Waals surface area contributed by atoms with E-state index >= 15 is 0 Å². The maximum absolute atomic E-state index is 13.0. The van der Waals surface area contributed by atoms with Crippen molar-refractivity contribution in [2.75, 3.05) is 0 Å². The summed E-state index contributed by atoms with van der Waals surface area (Å²) in [7, 11) is 0. The van der Waals surface area contributed by atoms with Crippen LogP contribution in [0, 0.1) is 0 Å². The molecule has 0 aliphatic rings. The van der Waals surface area contributed by atoms with Gasteiger partial charge in [-0.05, 0) is 144 Å². The van der Waals surface area contributed by atoms with Crippen LogP contribution in [-0.4, -0.2) is 11.6 Å². The van der Waals surface area contributed by atoms with Gasteiger partial charge in [-0.25, -0.2) is 0 Å². The highest BCUT2D eigenvalue weighted by molar-refractivity contribution is 6.31. The van der Waals surface area contributed by atoms with Crippen LogP contribution in [0.1, 0.15) is 31.8 Å². The monoisotopic (exact) mass is 766 g/mol. The lowest BCUT2D eigenvalue weighted by Gasteiger charge is -2.16. The highest BCUT2D eigenvalue weighted by Crippen LogP contribution is 2.41. The summed E-state index contributed by atoms with van der Waals surface area (Å²) >= 11 is 12.0. The first-order chi connectivity index (χ1) is 27.4. The normalized spacial score (nSPS) is 10.8. The summed E-state index contributed by atoms with van der Waals surface area (Å²) < 4.78 is 12.9. The highest BCUT2D eigenvalue weighted by Gasteiger charge is 2.16. The van der Waals surface area contributed by atoms with Gasteiger partial charge >= 0.3 is 0 Å². The molecule has 0 aromatic heterocycles. The van der Waals surface area contributed by atoms with Crippen molar-refractivity contribution < 1.29 is 19.1 Å². The second-order valence-corrected chi connectivity index (χ2v) is 14.0. The van der Waals surface area contributed by atoms with Gasteiger partial charge in [0.25, 0.3) is 0 Å². The molecule has 0 spiro atoms. The Morgan fingerprint density at radius 3 is 1.00 bits per heavy atom. The third-order valence-electron chi connectivity index (χ3n) is 9.36. The van der Waals surface area contributed by atoms with E-state index in [0.29, 0.717) is 55.3 Å². The molecule has 0 amide bonds. The number of hydrogen-bond acceptors (Lipinski definition) is 4. The average molecular weight is 768 g/mol. The van der Waals surface area contributed by atoms with Gasteiger partial charge in [0.2, 0.25) is 0 Å². The Labute approximate surface area is 335 Å². The first kappa shape index (κ1) is 36.3. The van der Waals surface area contributed by atoms with E-state index in [9.17, 15) is 9.59 Å². The first-order valence-corrected chi connectivity index (χ1v) is 18.7. The predicted molar refractivity (Wildman–Crippen MR) is 226 cm³/mol. The summed E-state index contributed by atoms with van der Waals surface area (Å²) in [5, 5.41) is 1.16. The largest absolute Gasteiger partial charge is 0.457 e. The van der Waals surface area contributed by atoms with Crippen LogP contribution in [0.2, 0.25) is 10.0 Å². The number of carbonyl (C=O) groups is 2. The van der Waals surface area contributed by atoms with Gasteiger partial charge < -0.3 is 9.47 Å². The van der Waals surface area contributed by atoms with E-state index in [-0.39, 0.29) is 11.6 Å². The van der Waals surface area contributed by atoms with Crippen LogP contribution < -0.4 is 9.47 Å². The molecule has 8 rings (SSSR count). The minimum Gasteiger partial charge on any atom is -0.457 e. The Bertz CT molecular complexity index is 2450. The molecule has 0 unspecified atom stereocenters. The van der Waals surface area contributed by atoms with Crippen molar-refractivity contribution in [3.63, 3.8) is 0 Å². The van der Waals surface area contributed by atoms with Crippen LogP contribution in [0.3, 0.4) is 0 Å². The fourth-order valence-corrected chi connectivity index (χ4v) is 6.67. The summed E-state index contributed by atoms with van der Waals surface area (Å²) in [5.74, 6) is 2.40. The van der Waals surface area contributed by atoms with Gasteiger partial charge in [-0.2, -0.15) is 0 Å². The van der Waals surface area contributed by atoms with Crippen LogP contribution in [0.25, 0.3) is 33.4 Å². The van der Waals surface area contributed by atoms with Gasteiger partial charge in [-0.3, -0.25) is 9.59 Å². The Balaban J connectivity index is 1.08. The summed E-state index contributed by atoms with van der Waals surface area (Å²) in [4.78, 5) is 26.1. The summed E-state index contributed by atoms with van der Waals surface area (Å²) in [6.45, 7) is 0. The molecule has 0 heterocycles. The quantitative estimate of drug-likeness (QED) is 0.123. The van der Waals surface area contributed by atoms with Crippen LogP contribution in [0.4, 0.5) is 0 Å². The van der Waals surface area contributed by atoms with E-state index < -0.39 is 0 Å². The number of carbonyl (C=O) groups excluding carboxylic acids is 2. The van der Waals surface area contributed by atoms with Crippen molar-refractivity contribution in [3.05, 3.63) is 226 Å². The van der Waals surface area contributed by atoms with E-state index in [1.807, 2.05) is 84.9 Å². The van der Waals surface area contributed by atoms with Gasteiger partial charge in [-0.1, -0.05) is 96.0 Å². The third-order valence-corrected chi connectivity index (χ3v) is 9.87. The predicted octanol–water partition coefficient (Wildman–Crippen LogP) is 14.0. The Kier molecular flexibility index (Phi) is 10.6. The summed E-state index contributed by atoms with van der Waals surface area (Å²) in [6, 6.07) is 60.5. The van der Waals surface area contributed by atoms with E-state index in [1.165, 1.54) is 0 Å². The maximum atomic E-state index is 13.0. The van der Waals surface area contributed by atoms with Crippen LogP contribution >= 0.6 is 23.2 Å². The zero-order valence-electron chi connectivity index (χ0n) is 29.9. The van der Waals surface area contributed by atoms with E-state index in [1.54, 1.807) is 72.8 Å². The molecule has 0 N–H and O–H groups in total. The molecule has 56 heavy (non-hydrogen) atoms. The molecule has 0 bridgehead atoms. The molecule has 8 aromatic rings. The average Bonchev–Trinajstić information content (AvgIpc) is 3.25. The molecule has 0 saturated carbocycles. The second-order valence-electron chi connectivity index (χ2n) is 13.1. The molecule has 0 aliphatic carbocycles. The smallest absolute Gasteiger partial charge is 0.193 e. The van der Waals surface area contributed by atoms with Gasteiger partial charge in [0.05, 0.1) is 0 Å². The van der Waals surface area contributed by atoms with E-state index in [4.69, 9.17) is 32.7 Å². The third kappa shape index (κ3) is 8.18. The fraction of sp³-hybridized carbons (Fsp3) is 0. The lowest BCUT2D eigenvalue weighted by Crippen LogP contribution is -2.00. The van der Waals surface area contributed by atoms with Crippen molar-refractivity contribution in [1.29, 1.82) is 0 Å². The topological polar surface area (TPSA) is 52.6 Å². The number of rotatable bonds is 11. The molecule has 6 heteroatoms. The SMILES string of the molecule is O=C(c1ccc(Cl)cc1)c1ccc(Oc2ccc(-c3ccc(Oc4ccc(C(=O)c5ccc(Cl)cc5)cc4)c(-c4ccccc4)c3)cc2-c2ccccc2)cc1. The number of benzene rings is 8. The lowest BCUT2D eigenvalue weighted by atomic mass is 9.95. The number of ketones is 2. The molecule has 0 atom stereocenters. The number of halogens is 2. The standard InChI is InChI=1S/C50H32Cl2O4/c51-41-21-11-35(12-22-41)49(53)37-15-25-43(26-16-37)55-47-29-19-39(31-45(47)33-7-3-1-4-8-33)40-20-30-48(46(32-40)34-9-5-2-6-10-34)56-44-27-17-38(18-28-44)50(54)36-13-23-42(52)24-14-36/h1-32H. The molecular weight excluding hydrogens is 735 g/mol. The molecular formula is C50H32Cl2O4. The maximum Gasteiger partial charge on any atom is 0.193 e. The Hall–Kier alpha value is -6.72. The van der Waals surface area contributed by atoms with Crippen molar-refractivity contribution in [2.24, 2.45) is 0 Å². The van der Waals surface area contributed by atoms with Crippen LogP contribution in [0.15, 0.2) is 194 Å². The molecule has 0 radical (unpaired) electrons. The second kappa shape index (κ2) is 16.3. The zero-order valence-corrected chi connectivity index (χ0v) is 31.4. The Morgan fingerprint density at radius 2 is 0.661 bits per heavy atom. The van der Waals surface area contributed by atoms with Gasteiger partial charge in [0, 0.05) is 43.4 Å². The van der Waals surface area contributed by atoms with Crippen molar-refractivity contribution in [1.82, 2.24) is 0 Å². The van der Waals surface area contributed by atoms with Crippen LogP contribution in [0.5, 0.6) is 23.0 Å². The highest BCUT2D eigenvalue weighted by atomic mass is 35.5. The van der Waals surface area contributed by atoms with Gasteiger partial charge in [-0.15, -0.1) is 0 Å². The zero-order chi connectivity index (χ0) is 38.4. The van der Waals surface area contributed by atoms with E-state index in [2.05, 4.69) is 36.4 Å². The van der Waals surface area contributed by atoms with Gasteiger partial charge in [0.15, 0.2) is 11.6 Å². The van der Waals surface area contributed by atoms with Crippen molar-refractivity contribution in [2.45, 2.75) is 0 Å². The minimum absolute atomic E-state index is 0.0894. The Morgan fingerprint density at radius 1 is 0.339 bits per heavy atom. The fourth-order valence-electron chi connectivity index (χ4n) is 6.42. The van der Waals surface area contributed by atoms with Crippen molar-refractivity contribution in [3.8, 4) is 56.4 Å². The number of hydrogen-bond donors (Lipinski definition) is 0. The molecule has 8 aromatic carbocycles. The minimum atomic E-state index is -0.0894. The number of ether oxygens (including phenoxy) is 2. The summed E-state index contributed by atoms with van der Waals surface area (Å²) in [6.07, 6.45) is 0. The van der Waals surface area contributed by atoms with Gasteiger partial charge in [0.1, 0.15) is 23.0 Å². The molecule has 270 valence electrons. The molecule has 0 aliphatic heterocycles. The van der Waals surface area contributed by atoms with Crippen molar-refractivity contribution >= 4 is 34.8 Å². The molecule has 0 fully saturated rings. The first-order valence-electron chi connectivity index (χ1n) is 17.9. The van der Waals surface area contributed by atoms with Crippen LogP contribution in [-0.2, 0) is 0 Å². The molecule has 0 saturated heterocycles. The molecule has 4 nitrogen and oxygen atoms in total. The summed E-state index contributed by atoms with van der Waals surface area (Å²) in [5.41, 5.74) is 8.07.